The number of amides is 2. The fraction of sp³-hybridized carbons (Fsp3) is 0.667. The van der Waals surface area contributed by atoms with Crippen molar-refractivity contribution < 1.29 is 9.59 Å². The largest absolute Gasteiger partial charge is 0.392 e. The highest BCUT2D eigenvalue weighted by Crippen LogP contribution is 2.46. The van der Waals surface area contributed by atoms with Gasteiger partial charge in [0.2, 0.25) is 0 Å². The monoisotopic (exact) mass is 261 g/mol. The standard InChI is InChI=1S/C9H15N3O2S2/c1-16-9(2-3-9)5-12-8(14)7(13)11-4-6(10)15/h2-5H2,1H3,(H2,10,15)(H,11,13)(H,12,14). The summed E-state index contributed by atoms with van der Waals surface area (Å²) in [4.78, 5) is 22.7. The van der Waals surface area contributed by atoms with E-state index >= 15 is 0 Å². The molecule has 0 saturated heterocycles. The summed E-state index contributed by atoms with van der Waals surface area (Å²) in [5.41, 5.74) is 5.20. The van der Waals surface area contributed by atoms with Gasteiger partial charge in [0.25, 0.3) is 0 Å². The van der Waals surface area contributed by atoms with Crippen molar-refractivity contribution in [2.75, 3.05) is 19.3 Å². The average molecular weight is 261 g/mol. The Hall–Kier alpha value is -0.820. The van der Waals surface area contributed by atoms with Gasteiger partial charge < -0.3 is 16.4 Å². The zero-order chi connectivity index (χ0) is 12.2. The Kier molecular flexibility index (Phi) is 4.55. The number of carbonyl (C=O) groups excluding carboxylic acids is 2. The van der Waals surface area contributed by atoms with Gasteiger partial charge in [-0.05, 0) is 19.1 Å². The minimum Gasteiger partial charge on any atom is -0.392 e. The number of hydrogen-bond acceptors (Lipinski definition) is 4. The third-order valence-electron chi connectivity index (χ3n) is 2.44. The van der Waals surface area contributed by atoms with Crippen molar-refractivity contribution in [3.8, 4) is 0 Å². The van der Waals surface area contributed by atoms with Gasteiger partial charge in [0.1, 0.15) is 0 Å². The van der Waals surface area contributed by atoms with Gasteiger partial charge in [0.15, 0.2) is 0 Å². The quantitative estimate of drug-likeness (QED) is 0.455. The van der Waals surface area contributed by atoms with Gasteiger partial charge in [-0.3, -0.25) is 9.59 Å². The maximum atomic E-state index is 11.3. The molecule has 2 amide bonds. The minimum absolute atomic E-state index is 0.0509. The fourth-order valence-electron chi connectivity index (χ4n) is 1.16. The maximum absolute atomic E-state index is 11.3. The first kappa shape index (κ1) is 13.2. The zero-order valence-electron chi connectivity index (χ0n) is 9.04. The highest BCUT2D eigenvalue weighted by atomic mass is 32.2. The van der Waals surface area contributed by atoms with Gasteiger partial charge in [-0.15, -0.1) is 0 Å². The van der Waals surface area contributed by atoms with Crippen LogP contribution in [0.2, 0.25) is 0 Å². The highest BCUT2D eigenvalue weighted by Gasteiger charge is 2.42. The van der Waals surface area contributed by atoms with E-state index < -0.39 is 11.8 Å². The summed E-state index contributed by atoms with van der Waals surface area (Å²) >= 11 is 6.30. The lowest BCUT2D eigenvalue weighted by molar-refractivity contribution is -0.139. The summed E-state index contributed by atoms with van der Waals surface area (Å²) < 4.78 is 0.152. The molecule has 1 aliphatic rings. The number of hydrogen-bond donors (Lipinski definition) is 3. The predicted octanol–water partition coefficient (Wildman–Crippen LogP) is -0.599. The number of thioether (sulfide) groups is 1. The van der Waals surface area contributed by atoms with Gasteiger partial charge in [0, 0.05) is 11.3 Å². The molecule has 5 nitrogen and oxygen atoms in total. The van der Waals surface area contributed by atoms with E-state index in [0.717, 1.165) is 12.8 Å². The summed E-state index contributed by atoms with van der Waals surface area (Å²) in [6.45, 7) is 0.586. The molecule has 1 aliphatic carbocycles. The Morgan fingerprint density at radius 1 is 1.38 bits per heavy atom. The first-order chi connectivity index (χ1) is 7.49. The number of nitrogens with two attached hydrogens (primary N) is 1. The molecule has 0 radical (unpaired) electrons. The van der Waals surface area contributed by atoms with Crippen molar-refractivity contribution in [2.24, 2.45) is 5.73 Å². The van der Waals surface area contributed by atoms with Gasteiger partial charge in [0.05, 0.1) is 11.5 Å². The molecule has 1 fully saturated rings. The molecule has 7 heteroatoms. The zero-order valence-corrected chi connectivity index (χ0v) is 10.7. The molecule has 0 bridgehead atoms. The molecular weight excluding hydrogens is 246 g/mol. The Bertz CT molecular complexity index is 316. The van der Waals surface area contributed by atoms with Crippen LogP contribution in [0, 0.1) is 0 Å². The van der Waals surface area contributed by atoms with Gasteiger partial charge in [-0.2, -0.15) is 11.8 Å². The molecule has 0 aromatic carbocycles. The Balaban J connectivity index is 2.24. The Morgan fingerprint density at radius 3 is 2.38 bits per heavy atom. The molecule has 0 spiro atoms. The van der Waals surface area contributed by atoms with Crippen LogP contribution >= 0.6 is 24.0 Å². The minimum atomic E-state index is -0.690. The van der Waals surface area contributed by atoms with E-state index in [2.05, 4.69) is 22.9 Å². The predicted molar refractivity (Wildman–Crippen MR) is 68.3 cm³/mol. The Morgan fingerprint density at radius 2 is 1.94 bits per heavy atom. The molecule has 16 heavy (non-hydrogen) atoms. The Labute approximate surface area is 104 Å². The lowest BCUT2D eigenvalue weighted by Crippen LogP contribution is -2.44. The van der Waals surface area contributed by atoms with Crippen molar-refractivity contribution in [1.29, 1.82) is 0 Å². The first-order valence-corrected chi connectivity index (χ1v) is 6.52. The van der Waals surface area contributed by atoms with Crippen LogP contribution in [0.1, 0.15) is 12.8 Å². The van der Waals surface area contributed by atoms with Crippen molar-refractivity contribution >= 4 is 40.8 Å². The van der Waals surface area contributed by atoms with Crippen molar-refractivity contribution in [2.45, 2.75) is 17.6 Å². The SMILES string of the molecule is CSC1(CNC(=O)C(=O)NCC(N)=S)CC1. The smallest absolute Gasteiger partial charge is 0.309 e. The van der Waals surface area contributed by atoms with E-state index in [9.17, 15) is 9.59 Å². The first-order valence-electron chi connectivity index (χ1n) is 4.88. The van der Waals surface area contributed by atoms with Crippen molar-refractivity contribution in [3.63, 3.8) is 0 Å². The average Bonchev–Trinajstić information content (AvgIpc) is 3.03. The van der Waals surface area contributed by atoms with Crippen LogP contribution in [0.3, 0.4) is 0 Å². The van der Waals surface area contributed by atoms with Crippen LogP contribution in [-0.4, -0.2) is 40.9 Å². The molecule has 1 saturated carbocycles. The van der Waals surface area contributed by atoms with Crippen LogP contribution < -0.4 is 16.4 Å². The van der Waals surface area contributed by atoms with Crippen molar-refractivity contribution in [1.82, 2.24) is 10.6 Å². The van der Waals surface area contributed by atoms with E-state index in [1.807, 2.05) is 6.26 Å². The van der Waals surface area contributed by atoms with E-state index in [4.69, 9.17) is 5.73 Å². The molecule has 0 atom stereocenters. The van der Waals surface area contributed by atoms with E-state index in [1.165, 1.54) is 0 Å². The molecule has 0 heterocycles. The van der Waals surface area contributed by atoms with Crippen LogP contribution in [0.4, 0.5) is 0 Å². The second kappa shape index (κ2) is 5.49. The van der Waals surface area contributed by atoms with Gasteiger partial charge in [-0.25, -0.2) is 0 Å². The van der Waals surface area contributed by atoms with Crippen LogP contribution in [0.15, 0.2) is 0 Å². The van der Waals surface area contributed by atoms with Crippen LogP contribution in [0.25, 0.3) is 0 Å². The van der Waals surface area contributed by atoms with Gasteiger partial charge in [-0.1, -0.05) is 12.2 Å². The van der Waals surface area contributed by atoms with E-state index in [1.54, 1.807) is 11.8 Å². The van der Waals surface area contributed by atoms with E-state index in [-0.39, 0.29) is 16.3 Å². The second-order valence-corrected chi connectivity index (χ2v) is 5.52. The maximum Gasteiger partial charge on any atom is 0.309 e. The number of carbonyl (C=O) groups is 2. The number of thiocarbonyl (C=S) groups is 1. The number of nitrogens with one attached hydrogen (secondary N) is 2. The summed E-state index contributed by atoms with van der Waals surface area (Å²) in [7, 11) is 0. The van der Waals surface area contributed by atoms with Crippen LogP contribution in [-0.2, 0) is 9.59 Å². The molecule has 0 aromatic rings. The molecule has 1 rings (SSSR count). The molecule has 0 aromatic heterocycles. The molecule has 90 valence electrons. The highest BCUT2D eigenvalue weighted by molar-refractivity contribution is 8.00. The molecular formula is C9H15N3O2S2. The third-order valence-corrected chi connectivity index (χ3v) is 4.00. The second-order valence-electron chi connectivity index (χ2n) is 3.72. The normalized spacial score (nSPS) is 16.3. The summed E-state index contributed by atoms with van der Waals surface area (Å²) in [5.74, 6) is -1.32. The molecule has 4 N–H and O–H groups in total. The van der Waals surface area contributed by atoms with Gasteiger partial charge >= 0.3 is 11.8 Å². The summed E-state index contributed by atoms with van der Waals surface area (Å²) in [6, 6.07) is 0. The lowest BCUT2D eigenvalue weighted by Gasteiger charge is -2.12. The van der Waals surface area contributed by atoms with Crippen molar-refractivity contribution in [3.05, 3.63) is 0 Å². The molecule has 0 aliphatic heterocycles. The number of rotatable bonds is 5. The van der Waals surface area contributed by atoms with E-state index in [0.29, 0.717) is 6.54 Å². The topological polar surface area (TPSA) is 84.2 Å². The fourth-order valence-corrected chi connectivity index (χ4v) is 1.96. The van der Waals surface area contributed by atoms with Crippen LogP contribution in [0.5, 0.6) is 0 Å². The summed E-state index contributed by atoms with van der Waals surface area (Å²) in [5, 5.41) is 4.94. The lowest BCUT2D eigenvalue weighted by atomic mass is 10.4. The third kappa shape index (κ3) is 3.97. The molecule has 0 unspecified atom stereocenters. The summed E-state index contributed by atoms with van der Waals surface area (Å²) in [6.07, 6.45) is 4.18.